The number of piperazine rings is 1. The number of phenolic OH excluding ortho intramolecular Hbond substituents is 1. The van der Waals surface area contributed by atoms with Crippen LogP contribution in [-0.4, -0.2) is 269 Å². The standard InChI is InChI=1S/C63H90F2N14O13/c64-63(65)39-48(40-66)79(46-63)58(84)41-69-62(91)51-20-23-67-53-19-18-50(38-52(51)53)92-37-8-7-24-73-33-35-78(36-34-73)57(83)13-3-1-2-5-22-70-72-54(11-4-6-21-68-55(81)12-9-10-47-14-16-49(80)17-15-47)71-56(82)42-74-25-27-75(43-59(85)86)29-31-77(45-61(89)90)32-30-76(28-26-74)44-60(87)88/h14-20,22-23,38,48,54,72,80H,1-13,21,24-37,39,41-46H2,(H,68,81)(H,69,91)(H,71,82)(H,85,86)(H,87,88)(H,89,90)/b70-22+/t48-,54?/m1/s1. The smallest absolute Gasteiger partial charge is 0.317 e. The summed E-state index contributed by atoms with van der Waals surface area (Å²) >= 11 is 0. The number of phenols is 1. The quantitative estimate of drug-likeness (QED) is 0.0181. The van der Waals surface area contributed by atoms with Crippen molar-refractivity contribution in [2.24, 2.45) is 5.10 Å². The molecule has 27 nitrogen and oxygen atoms in total. The Hall–Kier alpha value is -8.17. The van der Waals surface area contributed by atoms with E-state index >= 15 is 0 Å². The lowest BCUT2D eigenvalue weighted by molar-refractivity contribution is -0.140. The van der Waals surface area contributed by atoms with Gasteiger partial charge in [-0.3, -0.25) is 73.3 Å². The van der Waals surface area contributed by atoms with Crippen molar-refractivity contribution in [2.45, 2.75) is 108 Å². The number of aromatic hydroxyl groups is 1. The molecular formula is C63H90F2N14O13. The number of pyridine rings is 1. The first-order valence-corrected chi connectivity index (χ1v) is 31.7. The number of unbranched alkanes of at least 4 members (excludes halogenated alkanes) is 5. The van der Waals surface area contributed by atoms with E-state index in [1.807, 2.05) is 21.9 Å². The monoisotopic (exact) mass is 1290 g/mol. The number of rotatable bonds is 35. The molecule has 1 aromatic heterocycles. The molecule has 2 atom stereocenters. The van der Waals surface area contributed by atoms with Crippen LogP contribution in [0.2, 0.25) is 0 Å². The lowest BCUT2D eigenvalue weighted by Gasteiger charge is -2.34. The summed E-state index contributed by atoms with van der Waals surface area (Å²) < 4.78 is 33.8. The highest BCUT2D eigenvalue weighted by Gasteiger charge is 2.47. The molecule has 29 heteroatoms. The Balaban J connectivity index is 0.894. The average molecular weight is 1290 g/mol. The molecule has 6 rings (SSSR count). The number of halogens is 2. The fourth-order valence-corrected chi connectivity index (χ4v) is 11.2. The number of amides is 5. The zero-order valence-electron chi connectivity index (χ0n) is 52.4. The minimum atomic E-state index is -3.17. The molecule has 0 saturated carbocycles. The van der Waals surface area contributed by atoms with Crippen LogP contribution in [0.3, 0.4) is 0 Å². The molecule has 3 saturated heterocycles. The first-order chi connectivity index (χ1) is 44.2. The number of likely N-dealkylation sites (tertiary alicyclic amines) is 1. The number of nitrogens with one attached hydrogen (secondary N) is 4. The zero-order valence-corrected chi connectivity index (χ0v) is 52.4. The second kappa shape index (κ2) is 38.6. The van der Waals surface area contributed by atoms with Crippen molar-refractivity contribution in [1.29, 1.82) is 5.26 Å². The Bertz CT molecular complexity index is 2940. The van der Waals surface area contributed by atoms with E-state index in [2.05, 4.69) is 36.4 Å². The maximum Gasteiger partial charge on any atom is 0.317 e. The lowest BCUT2D eigenvalue weighted by atomic mass is 10.1. The van der Waals surface area contributed by atoms with Crippen molar-refractivity contribution in [3.8, 4) is 17.6 Å². The number of aliphatic carboxylic acids is 3. The van der Waals surface area contributed by atoms with Gasteiger partial charge in [0.15, 0.2) is 0 Å². The number of benzene rings is 2. The van der Waals surface area contributed by atoms with Gasteiger partial charge in [-0.15, -0.1) is 0 Å². The number of hydrogen-bond acceptors (Lipinski definition) is 19. The summed E-state index contributed by atoms with van der Waals surface area (Å²) in [7, 11) is 0. The van der Waals surface area contributed by atoms with Gasteiger partial charge in [-0.2, -0.15) is 10.4 Å². The van der Waals surface area contributed by atoms with Crippen LogP contribution in [0.15, 0.2) is 59.8 Å². The van der Waals surface area contributed by atoms with E-state index in [9.17, 15) is 72.8 Å². The van der Waals surface area contributed by atoms with Crippen molar-refractivity contribution in [2.75, 3.05) is 138 Å². The average Bonchev–Trinajstić information content (AvgIpc) is 1.32. The highest BCUT2D eigenvalue weighted by atomic mass is 19.3. The van der Waals surface area contributed by atoms with E-state index in [0.29, 0.717) is 101 Å². The molecular weight excluding hydrogens is 1200 g/mol. The molecule has 4 heterocycles. The number of carboxylic acid groups (broad SMARTS) is 3. The van der Waals surface area contributed by atoms with Crippen LogP contribution in [0.25, 0.3) is 10.9 Å². The first-order valence-electron chi connectivity index (χ1n) is 31.7. The SMILES string of the molecule is N#C[C@H]1CC(F)(F)CN1C(=O)CNC(=O)c1ccnc2ccc(OCCCCN3CCN(C(=O)CCCCC/C=N/NC(CCCCNC(=O)CCCc4ccc(O)cc4)NC(=O)CN4CCN(CC(=O)O)CCN(CC(=O)O)CCN(CC(=O)O)CC4)CC3)cc12. The van der Waals surface area contributed by atoms with Crippen molar-refractivity contribution < 1.29 is 72.3 Å². The molecule has 3 fully saturated rings. The van der Waals surface area contributed by atoms with Crippen molar-refractivity contribution in [3.05, 3.63) is 65.9 Å². The van der Waals surface area contributed by atoms with Gasteiger partial charge in [-0.1, -0.05) is 18.6 Å². The third-order valence-electron chi connectivity index (χ3n) is 16.3. The molecule has 0 spiro atoms. The van der Waals surface area contributed by atoms with Crippen LogP contribution in [0, 0.1) is 11.3 Å². The predicted molar refractivity (Wildman–Crippen MR) is 336 cm³/mol. The fraction of sp³-hybridized carbons (Fsp3) is 0.603. The highest BCUT2D eigenvalue weighted by Crippen LogP contribution is 2.32. The third-order valence-corrected chi connectivity index (χ3v) is 16.3. The van der Waals surface area contributed by atoms with Crippen LogP contribution in [0.5, 0.6) is 11.5 Å². The minimum absolute atomic E-state index is 0.0717. The summed E-state index contributed by atoms with van der Waals surface area (Å²) in [6.45, 7) is 4.15. The Morgan fingerprint density at radius 1 is 0.696 bits per heavy atom. The van der Waals surface area contributed by atoms with Gasteiger partial charge in [0, 0.05) is 122 Å². The summed E-state index contributed by atoms with van der Waals surface area (Å²) in [5.74, 6) is -7.29. The second-order valence-electron chi connectivity index (χ2n) is 23.5. The molecule has 0 bridgehead atoms. The Morgan fingerprint density at radius 3 is 1.96 bits per heavy atom. The van der Waals surface area contributed by atoms with E-state index in [1.165, 1.54) is 12.3 Å². The summed E-state index contributed by atoms with van der Waals surface area (Å²) in [4.78, 5) is 117. The first kappa shape index (κ1) is 72.9. The fourth-order valence-electron chi connectivity index (χ4n) is 11.2. The van der Waals surface area contributed by atoms with Crippen LogP contribution in [0.1, 0.15) is 99.4 Å². The minimum Gasteiger partial charge on any atom is -0.508 e. The number of fused-ring (bicyclic) bond motifs is 1. The molecule has 3 aliphatic heterocycles. The van der Waals surface area contributed by atoms with Gasteiger partial charge in [0.25, 0.3) is 11.8 Å². The number of alkyl halides is 2. The number of carbonyl (C=O) groups is 8. The van der Waals surface area contributed by atoms with Crippen LogP contribution >= 0.6 is 0 Å². The number of aryl methyl sites for hydroxylation is 1. The number of hydrogen-bond donors (Lipinski definition) is 8. The van der Waals surface area contributed by atoms with Gasteiger partial charge in [-0.25, -0.2) is 8.78 Å². The van der Waals surface area contributed by atoms with E-state index < -0.39 is 67.4 Å². The summed E-state index contributed by atoms with van der Waals surface area (Å²) in [6, 6.07) is 14.0. The molecule has 504 valence electrons. The molecule has 3 aliphatic rings. The Labute approximate surface area is 535 Å². The molecule has 8 N–H and O–H groups in total. The number of ether oxygens (including phenoxy) is 1. The summed E-state index contributed by atoms with van der Waals surface area (Å²) in [5, 5.41) is 61.0. The molecule has 0 radical (unpaired) electrons. The van der Waals surface area contributed by atoms with E-state index in [1.54, 1.807) is 57.3 Å². The number of nitriles is 1. The highest BCUT2D eigenvalue weighted by molar-refractivity contribution is 6.07. The Morgan fingerprint density at radius 2 is 1.33 bits per heavy atom. The molecule has 2 aromatic carbocycles. The third kappa shape index (κ3) is 27.0. The maximum atomic E-state index is 13.9. The largest absolute Gasteiger partial charge is 0.508 e. The number of aromatic nitrogens is 1. The zero-order chi connectivity index (χ0) is 66.3. The van der Waals surface area contributed by atoms with Gasteiger partial charge in [0.05, 0.1) is 63.0 Å². The lowest BCUT2D eigenvalue weighted by Crippen LogP contribution is -2.51. The number of carboxylic acids is 3. The van der Waals surface area contributed by atoms with E-state index in [4.69, 9.17) is 4.74 Å². The molecule has 1 unspecified atom stereocenters. The predicted octanol–water partition coefficient (Wildman–Crippen LogP) is 2.49. The van der Waals surface area contributed by atoms with Gasteiger partial charge < -0.3 is 50.9 Å². The van der Waals surface area contributed by atoms with Gasteiger partial charge in [-0.05, 0) is 113 Å². The Kier molecular flexibility index (Phi) is 30.6. The molecule has 0 aliphatic carbocycles. The van der Waals surface area contributed by atoms with Gasteiger partial charge >= 0.3 is 17.9 Å². The maximum absolute atomic E-state index is 13.9. The number of carbonyl (C=O) groups excluding carboxylic acids is 5. The van der Waals surface area contributed by atoms with Crippen LogP contribution in [0.4, 0.5) is 8.78 Å². The summed E-state index contributed by atoms with van der Waals surface area (Å²) in [6.07, 6.45) is 10.2. The van der Waals surface area contributed by atoms with Gasteiger partial charge in [0.1, 0.15) is 23.7 Å². The van der Waals surface area contributed by atoms with E-state index in [0.717, 1.165) is 55.8 Å². The summed E-state index contributed by atoms with van der Waals surface area (Å²) in [5.41, 5.74) is 4.85. The molecule has 92 heavy (non-hydrogen) atoms. The number of nitrogens with zero attached hydrogens (tertiary/aromatic N) is 10. The van der Waals surface area contributed by atoms with Gasteiger partial charge in [0.2, 0.25) is 23.6 Å². The van der Waals surface area contributed by atoms with Crippen molar-refractivity contribution >= 4 is 64.6 Å². The van der Waals surface area contributed by atoms with Crippen LogP contribution < -0.4 is 26.1 Å². The number of hydrazone groups is 1. The van der Waals surface area contributed by atoms with Crippen molar-refractivity contribution in [3.63, 3.8) is 0 Å². The molecule has 3 aromatic rings. The topological polar surface area (TPSA) is 347 Å². The van der Waals surface area contributed by atoms with E-state index in [-0.39, 0.29) is 108 Å². The van der Waals surface area contributed by atoms with Crippen LogP contribution in [-0.2, 0) is 40.0 Å². The second-order valence-corrected chi connectivity index (χ2v) is 23.5. The normalized spacial score (nSPS) is 17.7. The van der Waals surface area contributed by atoms with Crippen molar-refractivity contribution in [1.82, 2.24) is 60.7 Å². The molecule has 5 amide bonds.